The maximum atomic E-state index is 12.4. The smallest absolute Gasteiger partial charge is 0.368 e. The van der Waals surface area contributed by atoms with Crippen molar-refractivity contribution in [1.29, 1.82) is 0 Å². The van der Waals surface area contributed by atoms with Crippen molar-refractivity contribution in [2.75, 3.05) is 19.8 Å². The summed E-state index contributed by atoms with van der Waals surface area (Å²) in [4.78, 5) is 0. The first-order valence-electron chi connectivity index (χ1n) is 7.01. The van der Waals surface area contributed by atoms with Crippen LogP contribution in [0.4, 0.5) is 0 Å². The van der Waals surface area contributed by atoms with Gasteiger partial charge in [0.05, 0.1) is 26.4 Å². The summed E-state index contributed by atoms with van der Waals surface area (Å²) in [5, 5.41) is 0. The van der Waals surface area contributed by atoms with Gasteiger partial charge in [-0.3, -0.25) is 13.6 Å². The minimum absolute atomic E-state index is 0.230. The summed E-state index contributed by atoms with van der Waals surface area (Å²) in [5.74, 6) is 0. The summed E-state index contributed by atoms with van der Waals surface area (Å²) in [6.45, 7) is 4.76. The van der Waals surface area contributed by atoms with E-state index >= 15 is 0 Å². The van der Waals surface area contributed by atoms with E-state index in [-0.39, 0.29) is 19.3 Å². The number of hydrogen-bond donors (Lipinski definition) is 0. The lowest BCUT2D eigenvalue weighted by Gasteiger charge is -2.22. The molecule has 1 aromatic rings. The third kappa shape index (κ3) is 5.51. The molecule has 1 saturated heterocycles. The summed E-state index contributed by atoms with van der Waals surface area (Å²) < 4.78 is 38.8. The van der Waals surface area contributed by atoms with Crippen molar-refractivity contribution in [2.24, 2.45) is 0 Å². The average molecular weight is 316 g/mol. The van der Waals surface area contributed by atoms with Crippen LogP contribution >= 0.6 is 7.82 Å². The van der Waals surface area contributed by atoms with Crippen LogP contribution in [0.1, 0.15) is 19.4 Å². The molecule has 0 aromatic heterocycles. The molecule has 1 aliphatic rings. The Labute approximate surface area is 124 Å². The Hall–Kier alpha value is -0.750. The second-order valence-corrected chi connectivity index (χ2v) is 6.05. The van der Waals surface area contributed by atoms with Gasteiger partial charge in [-0.25, -0.2) is 4.57 Å². The Kier molecular flexibility index (Phi) is 6.36. The number of phosphoric acid groups is 1. The molecule has 0 spiro atoms. The molecule has 0 aliphatic carbocycles. The van der Waals surface area contributed by atoms with Crippen LogP contribution in [-0.2, 0) is 34.2 Å². The normalized spacial score (nSPS) is 19.4. The van der Waals surface area contributed by atoms with Crippen molar-refractivity contribution in [2.45, 2.75) is 32.8 Å². The Morgan fingerprint density at radius 3 is 2.38 bits per heavy atom. The molecular weight excluding hydrogens is 295 g/mol. The third-order valence-corrected chi connectivity index (χ3v) is 4.34. The van der Waals surface area contributed by atoms with Crippen molar-refractivity contribution < 1.29 is 27.6 Å². The van der Waals surface area contributed by atoms with E-state index in [1.165, 1.54) is 0 Å². The quantitative estimate of drug-likeness (QED) is 0.375. The molecule has 2 atom stereocenters. The van der Waals surface area contributed by atoms with Gasteiger partial charge in [0.15, 0.2) is 6.29 Å². The lowest BCUT2D eigenvalue weighted by molar-refractivity contribution is -0.118. The number of phosphoric ester groups is 1. The second kappa shape index (κ2) is 8.03. The molecule has 7 heteroatoms. The SMILES string of the molecule is CCOP(=O)(OCC)O[C@H](OCc1ccccc1)[C@H]1CO1. The topological polar surface area (TPSA) is 66.5 Å². The van der Waals surface area contributed by atoms with Gasteiger partial charge in [0.2, 0.25) is 0 Å². The van der Waals surface area contributed by atoms with E-state index in [4.69, 9.17) is 23.0 Å². The molecule has 21 heavy (non-hydrogen) atoms. The zero-order valence-corrected chi connectivity index (χ0v) is 13.2. The molecule has 0 unspecified atom stereocenters. The van der Waals surface area contributed by atoms with E-state index in [0.717, 1.165) is 5.56 Å². The highest BCUT2D eigenvalue weighted by Crippen LogP contribution is 2.51. The fourth-order valence-electron chi connectivity index (χ4n) is 1.71. The van der Waals surface area contributed by atoms with Crippen molar-refractivity contribution in [3.8, 4) is 0 Å². The highest BCUT2D eigenvalue weighted by Gasteiger charge is 2.41. The number of benzene rings is 1. The molecule has 0 amide bonds. The fourth-order valence-corrected chi connectivity index (χ4v) is 2.99. The van der Waals surface area contributed by atoms with E-state index < -0.39 is 14.1 Å². The molecule has 0 N–H and O–H groups in total. The first kappa shape index (κ1) is 16.6. The van der Waals surface area contributed by atoms with E-state index in [2.05, 4.69) is 0 Å². The molecule has 2 rings (SSSR count). The monoisotopic (exact) mass is 316 g/mol. The van der Waals surface area contributed by atoms with Gasteiger partial charge in [0.1, 0.15) is 6.10 Å². The van der Waals surface area contributed by atoms with Crippen molar-refractivity contribution in [3.63, 3.8) is 0 Å². The second-order valence-electron chi connectivity index (χ2n) is 4.42. The number of ether oxygens (including phenoxy) is 2. The van der Waals surface area contributed by atoms with Gasteiger partial charge in [-0.05, 0) is 19.4 Å². The molecule has 0 radical (unpaired) electrons. The van der Waals surface area contributed by atoms with Crippen LogP contribution in [0.2, 0.25) is 0 Å². The zero-order chi connectivity index (χ0) is 15.1. The number of epoxide rings is 1. The maximum absolute atomic E-state index is 12.4. The predicted octanol–water partition coefficient (Wildman–Crippen LogP) is 3.13. The average Bonchev–Trinajstić information content (AvgIpc) is 3.30. The third-order valence-electron chi connectivity index (χ3n) is 2.73. The van der Waals surface area contributed by atoms with Crippen LogP contribution in [0.15, 0.2) is 30.3 Å². The minimum Gasteiger partial charge on any atom is -0.368 e. The maximum Gasteiger partial charge on any atom is 0.477 e. The van der Waals surface area contributed by atoms with Crippen LogP contribution < -0.4 is 0 Å². The highest BCUT2D eigenvalue weighted by molar-refractivity contribution is 7.48. The fraction of sp³-hybridized carbons (Fsp3) is 0.571. The molecule has 1 aromatic carbocycles. The zero-order valence-electron chi connectivity index (χ0n) is 12.3. The molecular formula is C14H21O6P. The minimum atomic E-state index is -3.62. The lowest BCUT2D eigenvalue weighted by Crippen LogP contribution is -2.23. The standard InChI is InChI=1S/C14H21O6P/c1-3-18-21(15,19-4-2)20-14(13-11-16-13)17-10-12-8-6-5-7-9-12/h5-9,13-14H,3-4,10-11H2,1-2H3/t13-,14+/m1/s1. The van der Waals surface area contributed by atoms with Crippen LogP contribution in [-0.4, -0.2) is 32.2 Å². The van der Waals surface area contributed by atoms with E-state index in [1.54, 1.807) is 13.8 Å². The predicted molar refractivity (Wildman–Crippen MR) is 76.7 cm³/mol. The Bertz CT molecular complexity index is 452. The summed E-state index contributed by atoms with van der Waals surface area (Å²) in [6.07, 6.45) is -1.00. The van der Waals surface area contributed by atoms with Crippen LogP contribution in [0.25, 0.3) is 0 Å². The molecule has 1 heterocycles. The van der Waals surface area contributed by atoms with Crippen LogP contribution in [0.5, 0.6) is 0 Å². The van der Waals surface area contributed by atoms with Gasteiger partial charge in [-0.15, -0.1) is 0 Å². The summed E-state index contributed by atoms with van der Waals surface area (Å²) >= 11 is 0. The van der Waals surface area contributed by atoms with E-state index in [9.17, 15) is 4.57 Å². The van der Waals surface area contributed by atoms with Crippen molar-refractivity contribution in [1.82, 2.24) is 0 Å². The molecule has 1 aliphatic heterocycles. The molecule has 6 nitrogen and oxygen atoms in total. The molecule has 1 fully saturated rings. The Morgan fingerprint density at radius 1 is 1.24 bits per heavy atom. The van der Waals surface area contributed by atoms with Gasteiger partial charge in [-0.1, -0.05) is 30.3 Å². The van der Waals surface area contributed by atoms with Crippen molar-refractivity contribution >= 4 is 7.82 Å². The number of hydrogen-bond acceptors (Lipinski definition) is 6. The van der Waals surface area contributed by atoms with Crippen LogP contribution in [0.3, 0.4) is 0 Å². The number of rotatable bonds is 10. The van der Waals surface area contributed by atoms with Gasteiger partial charge in [0, 0.05) is 0 Å². The Balaban J connectivity index is 1.93. The van der Waals surface area contributed by atoms with Crippen LogP contribution in [0, 0.1) is 0 Å². The van der Waals surface area contributed by atoms with Crippen molar-refractivity contribution in [3.05, 3.63) is 35.9 Å². The van der Waals surface area contributed by atoms with E-state index in [1.807, 2.05) is 30.3 Å². The van der Waals surface area contributed by atoms with Gasteiger partial charge in [0.25, 0.3) is 0 Å². The highest BCUT2D eigenvalue weighted by atomic mass is 31.2. The molecule has 0 bridgehead atoms. The van der Waals surface area contributed by atoms with Gasteiger partial charge in [-0.2, -0.15) is 0 Å². The summed E-state index contributed by atoms with van der Waals surface area (Å²) in [6, 6.07) is 9.66. The van der Waals surface area contributed by atoms with Gasteiger partial charge >= 0.3 is 7.82 Å². The summed E-state index contributed by atoms with van der Waals surface area (Å²) in [5.41, 5.74) is 0.995. The Morgan fingerprint density at radius 2 is 1.86 bits per heavy atom. The molecule has 118 valence electrons. The largest absolute Gasteiger partial charge is 0.477 e. The first-order chi connectivity index (χ1) is 10.2. The lowest BCUT2D eigenvalue weighted by atomic mass is 10.2. The summed E-state index contributed by atoms with van der Waals surface area (Å²) in [7, 11) is -3.62. The first-order valence-corrected chi connectivity index (χ1v) is 8.47. The van der Waals surface area contributed by atoms with Gasteiger partial charge < -0.3 is 9.47 Å². The molecule has 0 saturated carbocycles. The van der Waals surface area contributed by atoms with E-state index in [0.29, 0.717) is 13.2 Å².